The topological polar surface area (TPSA) is 89.9 Å². The van der Waals surface area contributed by atoms with Gasteiger partial charge in [0.2, 0.25) is 0 Å². The van der Waals surface area contributed by atoms with E-state index in [2.05, 4.69) is 47.7 Å². The molecule has 1 saturated heterocycles. The van der Waals surface area contributed by atoms with Crippen molar-refractivity contribution in [2.45, 2.75) is 43.7 Å². The highest BCUT2D eigenvalue weighted by molar-refractivity contribution is 7.98. The van der Waals surface area contributed by atoms with E-state index in [1.807, 2.05) is 11.8 Å². The molecular formula is C20H30N2O4S. The number of hydrogen-bond donors (Lipinski definition) is 3. The molecule has 150 valence electrons. The van der Waals surface area contributed by atoms with Crippen LogP contribution in [0.15, 0.2) is 41.3 Å². The van der Waals surface area contributed by atoms with E-state index in [4.69, 9.17) is 10.2 Å². The minimum absolute atomic E-state index is 0.558. The largest absolute Gasteiger partial charge is 0.478 e. The maximum Gasteiger partial charge on any atom is 0.328 e. The summed E-state index contributed by atoms with van der Waals surface area (Å²) in [5, 5.41) is 19.1. The third-order valence-electron chi connectivity index (χ3n) is 4.27. The van der Waals surface area contributed by atoms with Gasteiger partial charge in [-0.15, -0.1) is 11.8 Å². The van der Waals surface area contributed by atoms with Crippen LogP contribution in [0, 0.1) is 0 Å². The van der Waals surface area contributed by atoms with Gasteiger partial charge in [-0.2, -0.15) is 0 Å². The van der Waals surface area contributed by atoms with Gasteiger partial charge in [0.05, 0.1) is 0 Å². The Morgan fingerprint density at radius 1 is 1.19 bits per heavy atom. The molecule has 0 atom stereocenters. The van der Waals surface area contributed by atoms with Crippen molar-refractivity contribution in [1.29, 1.82) is 0 Å². The Morgan fingerprint density at radius 3 is 2.30 bits per heavy atom. The minimum Gasteiger partial charge on any atom is -0.478 e. The zero-order chi connectivity index (χ0) is 20.1. The summed E-state index contributed by atoms with van der Waals surface area (Å²) in [6.45, 7) is 6.96. The van der Waals surface area contributed by atoms with Crippen molar-refractivity contribution < 1.29 is 19.8 Å². The third kappa shape index (κ3) is 9.60. The highest BCUT2D eigenvalue weighted by Gasteiger charge is 2.20. The predicted octanol–water partition coefficient (Wildman–Crippen LogP) is 3.08. The molecule has 0 spiro atoms. The number of aliphatic carboxylic acids is 2. The first-order chi connectivity index (χ1) is 13.0. The normalized spacial score (nSPS) is 14.8. The lowest BCUT2D eigenvalue weighted by Crippen LogP contribution is -2.43. The highest BCUT2D eigenvalue weighted by Crippen LogP contribution is 2.23. The second-order valence-corrected chi connectivity index (χ2v) is 7.12. The summed E-state index contributed by atoms with van der Waals surface area (Å²) < 4.78 is 0. The molecule has 1 aliphatic heterocycles. The molecule has 1 aromatic carbocycles. The number of carbonyl (C=O) groups is 2. The van der Waals surface area contributed by atoms with Crippen molar-refractivity contribution in [3.05, 3.63) is 42.0 Å². The van der Waals surface area contributed by atoms with Crippen molar-refractivity contribution in [1.82, 2.24) is 10.2 Å². The Hall–Kier alpha value is -1.83. The van der Waals surface area contributed by atoms with E-state index in [1.54, 1.807) is 0 Å². The molecule has 2 rings (SSSR count). The molecule has 3 N–H and O–H groups in total. The van der Waals surface area contributed by atoms with Crippen LogP contribution in [-0.4, -0.2) is 59.0 Å². The molecule has 27 heavy (non-hydrogen) atoms. The minimum atomic E-state index is -1.26. The van der Waals surface area contributed by atoms with Gasteiger partial charge < -0.3 is 15.5 Å². The molecule has 0 aliphatic carbocycles. The Kier molecular flexibility index (Phi) is 11.5. The second-order valence-electron chi connectivity index (χ2n) is 6.27. The highest BCUT2D eigenvalue weighted by atomic mass is 32.2. The first-order valence-electron chi connectivity index (χ1n) is 9.18. The average molecular weight is 395 g/mol. The zero-order valence-corrected chi connectivity index (χ0v) is 16.9. The quantitative estimate of drug-likeness (QED) is 0.461. The predicted molar refractivity (Wildman–Crippen MR) is 109 cm³/mol. The fourth-order valence-electron chi connectivity index (χ4n) is 3.04. The van der Waals surface area contributed by atoms with Crippen LogP contribution in [0.5, 0.6) is 0 Å². The van der Waals surface area contributed by atoms with Gasteiger partial charge in [-0.05, 0) is 56.8 Å². The average Bonchev–Trinajstić information content (AvgIpc) is 2.67. The number of carboxylic acids is 2. The Bertz CT molecular complexity index is 600. The van der Waals surface area contributed by atoms with Gasteiger partial charge in [-0.1, -0.05) is 25.1 Å². The molecule has 0 amide bonds. The molecule has 1 aromatic rings. The Labute approximate surface area is 165 Å². The number of piperidine rings is 1. The van der Waals surface area contributed by atoms with Crippen LogP contribution in [0.4, 0.5) is 0 Å². The fourth-order valence-corrected chi connectivity index (χ4v) is 3.65. The van der Waals surface area contributed by atoms with E-state index in [-0.39, 0.29) is 0 Å². The molecule has 6 nitrogen and oxygen atoms in total. The van der Waals surface area contributed by atoms with E-state index < -0.39 is 11.9 Å². The summed E-state index contributed by atoms with van der Waals surface area (Å²) in [7, 11) is 0. The van der Waals surface area contributed by atoms with Crippen LogP contribution >= 0.6 is 11.8 Å². The van der Waals surface area contributed by atoms with E-state index in [0.29, 0.717) is 12.2 Å². The van der Waals surface area contributed by atoms with Crippen molar-refractivity contribution >= 4 is 23.7 Å². The number of benzene rings is 1. The Morgan fingerprint density at radius 2 is 1.78 bits per heavy atom. The summed E-state index contributed by atoms with van der Waals surface area (Å²) >= 11 is 1.86. The van der Waals surface area contributed by atoms with Gasteiger partial charge in [0.1, 0.15) is 0 Å². The van der Waals surface area contributed by atoms with Gasteiger partial charge in [-0.25, -0.2) is 9.59 Å². The lowest BCUT2D eigenvalue weighted by molar-refractivity contribution is -0.134. The zero-order valence-electron chi connectivity index (χ0n) is 16.1. The first-order valence-corrected chi connectivity index (χ1v) is 10.4. The van der Waals surface area contributed by atoms with Gasteiger partial charge in [-0.3, -0.25) is 4.90 Å². The number of carboxylic acid groups (broad SMARTS) is 2. The maximum atomic E-state index is 9.55. The van der Waals surface area contributed by atoms with Gasteiger partial charge in [0.25, 0.3) is 0 Å². The lowest BCUT2D eigenvalue weighted by atomic mass is 10.0. The van der Waals surface area contributed by atoms with Crippen LogP contribution in [0.3, 0.4) is 0 Å². The van der Waals surface area contributed by atoms with E-state index >= 15 is 0 Å². The lowest BCUT2D eigenvalue weighted by Gasteiger charge is -2.35. The number of rotatable bonds is 8. The summed E-state index contributed by atoms with van der Waals surface area (Å²) in [6.07, 6.45) is 7.12. The molecule has 7 heteroatoms. The van der Waals surface area contributed by atoms with Crippen molar-refractivity contribution in [2.24, 2.45) is 0 Å². The van der Waals surface area contributed by atoms with Gasteiger partial charge in [0, 0.05) is 29.6 Å². The van der Waals surface area contributed by atoms with E-state index in [9.17, 15) is 9.59 Å². The molecule has 0 radical (unpaired) electrons. The van der Waals surface area contributed by atoms with E-state index in [1.165, 1.54) is 49.4 Å². The standard InChI is InChI=1S/C16H26N2S.C4H4O4/c1-3-12-18(15-8-10-17-11-9-15)13-14-6-4-5-7-16(14)19-2;5-3(6)1-2-4(7)8/h4-7,15,17H,3,8-13H2,1-2H3;1-2H,(H,5,6)(H,7,8)/b;2-1+. The van der Waals surface area contributed by atoms with Crippen LogP contribution in [0.1, 0.15) is 31.7 Å². The number of hydrogen-bond acceptors (Lipinski definition) is 5. The third-order valence-corrected chi connectivity index (χ3v) is 5.11. The van der Waals surface area contributed by atoms with Crippen molar-refractivity contribution in [3.63, 3.8) is 0 Å². The number of nitrogens with zero attached hydrogens (tertiary/aromatic N) is 1. The molecular weight excluding hydrogens is 364 g/mol. The van der Waals surface area contributed by atoms with Crippen molar-refractivity contribution in [3.8, 4) is 0 Å². The summed E-state index contributed by atoms with van der Waals surface area (Å²) in [5.41, 5.74) is 1.49. The Balaban J connectivity index is 0.000000387. The fraction of sp³-hybridized carbons (Fsp3) is 0.500. The van der Waals surface area contributed by atoms with Crippen molar-refractivity contribution in [2.75, 3.05) is 25.9 Å². The molecule has 0 bridgehead atoms. The number of thioether (sulfide) groups is 1. The molecule has 0 unspecified atom stereocenters. The van der Waals surface area contributed by atoms with E-state index in [0.717, 1.165) is 12.6 Å². The van der Waals surface area contributed by atoms with Crippen LogP contribution in [-0.2, 0) is 16.1 Å². The SMILES string of the molecule is CCCN(Cc1ccccc1SC)C1CCNCC1.O=C(O)/C=C/C(=O)O. The molecule has 1 aliphatic rings. The first kappa shape index (κ1) is 23.2. The molecule has 1 fully saturated rings. The van der Waals surface area contributed by atoms with Gasteiger partial charge >= 0.3 is 11.9 Å². The van der Waals surface area contributed by atoms with Crippen LogP contribution < -0.4 is 5.32 Å². The summed E-state index contributed by atoms with van der Waals surface area (Å²) in [6, 6.07) is 9.60. The van der Waals surface area contributed by atoms with Crippen LogP contribution in [0.25, 0.3) is 0 Å². The molecule has 0 saturated carbocycles. The maximum absolute atomic E-state index is 9.55. The molecule has 1 heterocycles. The number of nitrogens with one attached hydrogen (secondary N) is 1. The monoisotopic (exact) mass is 394 g/mol. The summed E-state index contributed by atoms with van der Waals surface area (Å²) in [5.74, 6) is -2.51. The summed E-state index contributed by atoms with van der Waals surface area (Å²) in [4.78, 5) is 23.2. The molecule has 0 aromatic heterocycles. The second kappa shape index (κ2) is 13.4. The smallest absolute Gasteiger partial charge is 0.328 e. The van der Waals surface area contributed by atoms with Gasteiger partial charge in [0.15, 0.2) is 0 Å². The van der Waals surface area contributed by atoms with Crippen LogP contribution in [0.2, 0.25) is 0 Å².